The highest BCUT2D eigenvalue weighted by Crippen LogP contribution is 2.37. The van der Waals surface area contributed by atoms with Crippen LogP contribution in [0.1, 0.15) is 51.0 Å². The van der Waals surface area contributed by atoms with Crippen LogP contribution < -0.4 is 4.90 Å². The van der Waals surface area contributed by atoms with E-state index in [4.69, 9.17) is 0 Å². The van der Waals surface area contributed by atoms with Crippen molar-refractivity contribution in [3.05, 3.63) is 133 Å². The fraction of sp³-hybridized carbons (Fsp3) is 0.200. The van der Waals surface area contributed by atoms with Crippen molar-refractivity contribution in [3.8, 4) is 11.1 Å². The van der Waals surface area contributed by atoms with E-state index < -0.39 is 0 Å². The molecular formula is C40H40N2. The maximum atomic E-state index is 4.13. The quantitative estimate of drug-likeness (QED) is 0.138. The summed E-state index contributed by atoms with van der Waals surface area (Å²) in [7, 11) is 0. The van der Waals surface area contributed by atoms with Crippen LogP contribution >= 0.6 is 0 Å². The van der Waals surface area contributed by atoms with E-state index >= 15 is 0 Å². The lowest BCUT2D eigenvalue weighted by Gasteiger charge is -2.25. The van der Waals surface area contributed by atoms with Gasteiger partial charge in [0.2, 0.25) is 0 Å². The Balaban J connectivity index is 1.31. The van der Waals surface area contributed by atoms with E-state index in [1.165, 1.54) is 77.0 Å². The third-order valence-electron chi connectivity index (χ3n) is 8.36. The van der Waals surface area contributed by atoms with Gasteiger partial charge in [-0.25, -0.2) is 0 Å². The Hall–Kier alpha value is -4.56. The molecule has 0 bridgehead atoms. The maximum absolute atomic E-state index is 4.13. The summed E-state index contributed by atoms with van der Waals surface area (Å²) in [5.41, 5.74) is 9.72. The fourth-order valence-corrected chi connectivity index (χ4v) is 6.15. The van der Waals surface area contributed by atoms with Crippen LogP contribution in [0, 0.1) is 0 Å². The number of benzene rings is 5. The summed E-state index contributed by atoms with van der Waals surface area (Å²) >= 11 is 0. The topological polar surface area (TPSA) is 8.17 Å². The van der Waals surface area contributed by atoms with E-state index in [1.807, 2.05) is 6.20 Å². The molecule has 0 aliphatic rings. The van der Waals surface area contributed by atoms with E-state index in [0.717, 1.165) is 23.5 Å². The molecule has 2 nitrogen and oxygen atoms in total. The predicted octanol–water partition coefficient (Wildman–Crippen LogP) is 11.9. The molecular weight excluding hydrogens is 508 g/mol. The normalized spacial score (nSPS) is 11.3. The Kier molecular flexibility index (Phi) is 8.51. The highest BCUT2D eigenvalue weighted by atomic mass is 15.1. The molecule has 1 aromatic heterocycles. The molecule has 0 amide bonds. The number of anilines is 3. The second-order valence-corrected chi connectivity index (χ2v) is 11.2. The Morgan fingerprint density at radius 2 is 1.12 bits per heavy atom. The number of nitrogens with zero attached hydrogens (tertiary/aromatic N) is 2. The first kappa shape index (κ1) is 27.6. The van der Waals surface area contributed by atoms with Gasteiger partial charge < -0.3 is 9.47 Å². The number of para-hydroxylation sites is 2. The molecule has 210 valence electrons. The number of hydrogen-bond donors (Lipinski definition) is 0. The SMILES string of the molecule is C=Cn1c2ccc(CCCCCCCC)cc2c2cc(-c3ccc(N(c4ccccc4)c4ccccc4)cc3)ccc21. The standard InChI is InChI=1S/C40H40N2/c1-3-5-6-7-8-11-16-31-21-27-39-37(29-31)38-30-33(24-28-40(38)41(39)4-2)32-22-25-36(26-23-32)42(34-17-12-9-13-18-34)35-19-14-10-15-20-35/h4,9-10,12-15,17-30H,2-3,5-8,11,16H2,1H3. The van der Waals surface area contributed by atoms with Gasteiger partial charge >= 0.3 is 0 Å². The molecule has 1 heterocycles. The maximum Gasteiger partial charge on any atom is 0.0535 e. The van der Waals surface area contributed by atoms with Gasteiger partial charge in [-0.3, -0.25) is 0 Å². The van der Waals surface area contributed by atoms with Gasteiger partial charge in [0.25, 0.3) is 0 Å². The van der Waals surface area contributed by atoms with Crippen LogP contribution in [0.4, 0.5) is 17.1 Å². The molecule has 0 fully saturated rings. The van der Waals surface area contributed by atoms with E-state index in [9.17, 15) is 0 Å². The number of hydrogen-bond acceptors (Lipinski definition) is 1. The first-order valence-electron chi connectivity index (χ1n) is 15.5. The van der Waals surface area contributed by atoms with E-state index in [0.29, 0.717) is 0 Å². The van der Waals surface area contributed by atoms with Gasteiger partial charge in [0.1, 0.15) is 0 Å². The van der Waals surface area contributed by atoms with E-state index in [2.05, 4.69) is 144 Å². The summed E-state index contributed by atoms with van der Waals surface area (Å²) in [4.78, 5) is 2.30. The van der Waals surface area contributed by atoms with Crippen LogP contribution in [-0.2, 0) is 6.42 Å². The molecule has 0 radical (unpaired) electrons. The first-order valence-corrected chi connectivity index (χ1v) is 15.5. The minimum Gasteiger partial charge on any atom is -0.317 e. The van der Waals surface area contributed by atoms with Crippen LogP contribution in [-0.4, -0.2) is 4.57 Å². The molecule has 6 rings (SSSR count). The van der Waals surface area contributed by atoms with Gasteiger partial charge in [0.15, 0.2) is 0 Å². The van der Waals surface area contributed by atoms with Crippen LogP contribution in [0.5, 0.6) is 0 Å². The van der Waals surface area contributed by atoms with Crippen molar-refractivity contribution in [1.29, 1.82) is 0 Å². The van der Waals surface area contributed by atoms with Crippen molar-refractivity contribution in [2.24, 2.45) is 0 Å². The molecule has 0 saturated heterocycles. The van der Waals surface area contributed by atoms with Crippen LogP contribution in [0.15, 0.2) is 128 Å². The molecule has 0 saturated carbocycles. The molecule has 0 N–H and O–H groups in total. The molecule has 5 aromatic carbocycles. The molecule has 0 aliphatic carbocycles. The minimum absolute atomic E-state index is 1.14. The third kappa shape index (κ3) is 5.76. The van der Waals surface area contributed by atoms with Gasteiger partial charge in [-0.15, -0.1) is 0 Å². The molecule has 2 heteroatoms. The lowest BCUT2D eigenvalue weighted by atomic mass is 10.00. The summed E-state index contributed by atoms with van der Waals surface area (Å²) in [6.07, 6.45) is 11.0. The zero-order valence-corrected chi connectivity index (χ0v) is 24.7. The molecule has 42 heavy (non-hydrogen) atoms. The number of aromatic nitrogens is 1. The number of rotatable bonds is 12. The smallest absolute Gasteiger partial charge is 0.0535 e. The third-order valence-corrected chi connectivity index (χ3v) is 8.36. The Bertz CT molecular complexity index is 1720. The average Bonchev–Trinajstić information content (AvgIpc) is 3.36. The lowest BCUT2D eigenvalue weighted by molar-refractivity contribution is 0.607. The Labute approximate surface area is 250 Å². The minimum atomic E-state index is 1.14. The predicted molar refractivity (Wildman–Crippen MR) is 183 cm³/mol. The average molecular weight is 549 g/mol. The summed E-state index contributed by atoms with van der Waals surface area (Å²) in [6, 6.07) is 43.9. The van der Waals surface area contributed by atoms with E-state index in [-0.39, 0.29) is 0 Å². The van der Waals surface area contributed by atoms with Crippen molar-refractivity contribution in [1.82, 2.24) is 4.57 Å². The van der Waals surface area contributed by atoms with Crippen molar-refractivity contribution in [3.63, 3.8) is 0 Å². The summed E-state index contributed by atoms with van der Waals surface area (Å²) < 4.78 is 2.23. The molecule has 6 aromatic rings. The Morgan fingerprint density at radius 3 is 1.76 bits per heavy atom. The van der Waals surface area contributed by atoms with Crippen LogP contribution in [0.25, 0.3) is 39.1 Å². The number of fused-ring (bicyclic) bond motifs is 3. The Morgan fingerprint density at radius 1 is 0.571 bits per heavy atom. The van der Waals surface area contributed by atoms with Crippen LogP contribution in [0.3, 0.4) is 0 Å². The van der Waals surface area contributed by atoms with E-state index in [1.54, 1.807) is 0 Å². The monoisotopic (exact) mass is 548 g/mol. The van der Waals surface area contributed by atoms with Crippen molar-refractivity contribution < 1.29 is 0 Å². The van der Waals surface area contributed by atoms with Crippen molar-refractivity contribution in [2.45, 2.75) is 51.9 Å². The highest BCUT2D eigenvalue weighted by Gasteiger charge is 2.14. The van der Waals surface area contributed by atoms with Gasteiger partial charge in [-0.2, -0.15) is 0 Å². The molecule has 0 atom stereocenters. The number of unbranched alkanes of at least 4 members (excludes halogenated alkanes) is 5. The second-order valence-electron chi connectivity index (χ2n) is 11.2. The van der Waals surface area contributed by atoms with Crippen LogP contribution in [0.2, 0.25) is 0 Å². The van der Waals surface area contributed by atoms with Gasteiger partial charge in [-0.05, 0) is 90.2 Å². The first-order chi connectivity index (χ1) is 20.8. The highest BCUT2D eigenvalue weighted by molar-refractivity contribution is 6.10. The second kappa shape index (κ2) is 13.0. The summed E-state index contributed by atoms with van der Waals surface area (Å²) in [6.45, 7) is 6.40. The van der Waals surface area contributed by atoms with Gasteiger partial charge in [0, 0.05) is 34.0 Å². The van der Waals surface area contributed by atoms with Gasteiger partial charge in [-0.1, -0.05) is 106 Å². The van der Waals surface area contributed by atoms with Crippen molar-refractivity contribution in [2.75, 3.05) is 4.90 Å². The molecule has 0 spiro atoms. The lowest BCUT2D eigenvalue weighted by Crippen LogP contribution is -2.09. The summed E-state index contributed by atoms with van der Waals surface area (Å²) in [5.74, 6) is 0. The largest absolute Gasteiger partial charge is 0.317 e. The van der Waals surface area contributed by atoms with Crippen molar-refractivity contribution >= 4 is 45.1 Å². The van der Waals surface area contributed by atoms with Gasteiger partial charge in [0.05, 0.1) is 11.0 Å². The zero-order valence-electron chi connectivity index (χ0n) is 24.7. The fourth-order valence-electron chi connectivity index (χ4n) is 6.15. The molecule has 0 unspecified atom stereocenters. The zero-order chi connectivity index (χ0) is 28.7. The molecule has 0 aliphatic heterocycles. The summed E-state index contributed by atoms with van der Waals surface area (Å²) in [5, 5.41) is 2.60. The number of aryl methyl sites for hydroxylation is 1.